The molecule has 0 bridgehead atoms. The van der Waals surface area contributed by atoms with Crippen molar-refractivity contribution in [1.29, 1.82) is 0 Å². The molecule has 0 aliphatic heterocycles. The van der Waals surface area contributed by atoms with Crippen molar-refractivity contribution >= 4 is 10.2 Å². The lowest BCUT2D eigenvalue weighted by molar-refractivity contribution is 0.500. The summed E-state index contributed by atoms with van der Waals surface area (Å²) in [6, 6.07) is 22.1. The van der Waals surface area contributed by atoms with E-state index in [-0.39, 0.29) is 5.04 Å². The van der Waals surface area contributed by atoms with E-state index < -0.39 is 0 Å². The van der Waals surface area contributed by atoms with Crippen molar-refractivity contribution in [1.82, 2.24) is 5.32 Å². The van der Waals surface area contributed by atoms with Gasteiger partial charge >= 0.3 is 0 Å². The molecule has 1 atom stereocenters. The fraction of sp³-hybridized carbons (Fsp3) is 0.250. The number of benzene rings is 2. The molecule has 1 unspecified atom stereocenters. The Labute approximate surface area is 113 Å². The van der Waals surface area contributed by atoms with Crippen LogP contribution in [0.4, 0.5) is 0 Å². The Balaban J connectivity index is 2.55. The molecule has 0 saturated heterocycles. The lowest BCUT2D eigenvalue weighted by atomic mass is 9.84. The van der Waals surface area contributed by atoms with Crippen LogP contribution in [0.1, 0.15) is 18.1 Å². The molecular weight excluding hydrogens is 234 g/mol. The van der Waals surface area contributed by atoms with Gasteiger partial charge in [0.05, 0.1) is 0 Å². The summed E-state index contributed by atoms with van der Waals surface area (Å²) in [5.41, 5.74) is 2.81. The lowest BCUT2D eigenvalue weighted by Gasteiger charge is -2.37. The fourth-order valence-corrected chi connectivity index (χ4v) is 3.48. The van der Waals surface area contributed by atoms with Crippen molar-refractivity contribution in [2.24, 2.45) is 0 Å². The highest BCUT2D eigenvalue weighted by Crippen LogP contribution is 2.32. The fourth-order valence-electron chi connectivity index (χ4n) is 2.52. The van der Waals surface area contributed by atoms with Crippen LogP contribution in [0.3, 0.4) is 0 Å². The molecule has 2 heteroatoms. The SMILES string of the molecule is CNC(C)C([SiH3])(c1ccccc1)c1ccccc1. The standard InChI is InChI=1S/C16H21NSi/c1-13(17-2)16(18,14-9-5-3-6-10-14)15-11-7-4-8-12-15/h3-13,17H,1-2,18H3. The first-order valence-electron chi connectivity index (χ1n) is 6.48. The van der Waals surface area contributed by atoms with Gasteiger partial charge in [-0.1, -0.05) is 60.7 Å². The van der Waals surface area contributed by atoms with Gasteiger partial charge in [-0.15, -0.1) is 0 Å². The highest BCUT2D eigenvalue weighted by Gasteiger charge is 2.33. The van der Waals surface area contributed by atoms with Gasteiger partial charge < -0.3 is 5.32 Å². The first-order valence-corrected chi connectivity index (χ1v) is 7.48. The Hall–Kier alpha value is -1.38. The highest BCUT2D eigenvalue weighted by molar-refractivity contribution is 6.19. The normalized spacial score (nSPS) is 13.4. The predicted molar refractivity (Wildman–Crippen MR) is 82.1 cm³/mol. The lowest BCUT2D eigenvalue weighted by Crippen LogP contribution is -2.46. The third-order valence-electron chi connectivity index (χ3n) is 4.05. The monoisotopic (exact) mass is 255 g/mol. The molecule has 0 aromatic heterocycles. The molecule has 0 aliphatic carbocycles. The Bertz CT molecular complexity index is 441. The van der Waals surface area contributed by atoms with Gasteiger partial charge in [0.25, 0.3) is 0 Å². The Kier molecular flexibility index (Phi) is 3.99. The van der Waals surface area contributed by atoms with Gasteiger partial charge in [0.1, 0.15) is 0 Å². The zero-order valence-corrected chi connectivity index (χ0v) is 13.4. The summed E-state index contributed by atoms with van der Waals surface area (Å²) in [6.45, 7) is 2.27. The second-order valence-corrected chi connectivity index (χ2v) is 6.52. The van der Waals surface area contributed by atoms with Crippen LogP contribution < -0.4 is 5.32 Å². The third-order valence-corrected chi connectivity index (χ3v) is 6.07. The molecule has 1 N–H and O–H groups in total. The quantitative estimate of drug-likeness (QED) is 0.823. The van der Waals surface area contributed by atoms with Crippen LogP contribution in [0, 0.1) is 0 Å². The predicted octanol–water partition coefficient (Wildman–Crippen LogP) is 1.90. The van der Waals surface area contributed by atoms with Gasteiger partial charge in [-0.3, -0.25) is 0 Å². The van der Waals surface area contributed by atoms with E-state index in [0.29, 0.717) is 6.04 Å². The number of rotatable bonds is 4. The summed E-state index contributed by atoms with van der Waals surface area (Å²) in [5.74, 6) is 0. The molecule has 1 nitrogen and oxygen atoms in total. The van der Waals surface area contributed by atoms with E-state index >= 15 is 0 Å². The summed E-state index contributed by atoms with van der Waals surface area (Å²) >= 11 is 0. The zero-order valence-electron chi connectivity index (χ0n) is 11.4. The van der Waals surface area contributed by atoms with Crippen LogP contribution in [-0.2, 0) is 5.04 Å². The summed E-state index contributed by atoms with van der Waals surface area (Å²) in [4.78, 5) is 0. The van der Waals surface area contributed by atoms with Gasteiger partial charge in [0, 0.05) is 21.3 Å². The van der Waals surface area contributed by atoms with Crippen LogP contribution in [0.15, 0.2) is 60.7 Å². The average molecular weight is 255 g/mol. The first kappa shape index (κ1) is 13.1. The van der Waals surface area contributed by atoms with E-state index in [1.165, 1.54) is 11.1 Å². The molecular formula is C16H21NSi. The Morgan fingerprint density at radius 1 is 0.889 bits per heavy atom. The maximum absolute atomic E-state index is 3.44. The summed E-state index contributed by atoms with van der Waals surface area (Å²) in [6.07, 6.45) is 0. The zero-order chi connectivity index (χ0) is 13.0. The number of hydrogen-bond donors (Lipinski definition) is 1. The van der Waals surface area contributed by atoms with E-state index in [0.717, 1.165) is 10.2 Å². The average Bonchev–Trinajstić information content (AvgIpc) is 2.47. The largest absolute Gasteiger partial charge is 0.316 e. The number of hydrogen-bond acceptors (Lipinski definition) is 1. The number of nitrogens with one attached hydrogen (secondary N) is 1. The maximum Gasteiger partial charge on any atom is 0.0238 e. The van der Waals surface area contributed by atoms with Crippen molar-refractivity contribution < 1.29 is 0 Å². The molecule has 0 fully saturated rings. The van der Waals surface area contributed by atoms with Crippen LogP contribution in [0.25, 0.3) is 0 Å². The minimum absolute atomic E-state index is 0.122. The minimum Gasteiger partial charge on any atom is -0.316 e. The van der Waals surface area contributed by atoms with Crippen LogP contribution in [0.5, 0.6) is 0 Å². The molecule has 18 heavy (non-hydrogen) atoms. The van der Waals surface area contributed by atoms with Crippen molar-refractivity contribution in [3.05, 3.63) is 71.8 Å². The molecule has 0 saturated carbocycles. The van der Waals surface area contributed by atoms with Crippen molar-refractivity contribution in [2.75, 3.05) is 7.05 Å². The van der Waals surface area contributed by atoms with E-state index in [2.05, 4.69) is 72.9 Å². The second-order valence-electron chi connectivity index (χ2n) is 4.94. The van der Waals surface area contributed by atoms with Gasteiger partial charge in [0.2, 0.25) is 0 Å². The van der Waals surface area contributed by atoms with E-state index in [4.69, 9.17) is 0 Å². The van der Waals surface area contributed by atoms with E-state index in [1.807, 2.05) is 7.05 Å². The topological polar surface area (TPSA) is 12.0 Å². The van der Waals surface area contributed by atoms with Crippen molar-refractivity contribution in [2.45, 2.75) is 18.0 Å². The third kappa shape index (κ3) is 2.26. The Morgan fingerprint density at radius 2 is 1.28 bits per heavy atom. The van der Waals surface area contributed by atoms with Crippen molar-refractivity contribution in [3.8, 4) is 0 Å². The molecule has 2 aromatic carbocycles. The summed E-state index contributed by atoms with van der Waals surface area (Å²) in [5, 5.41) is 3.56. The molecule has 0 spiro atoms. The van der Waals surface area contributed by atoms with Crippen LogP contribution >= 0.6 is 0 Å². The molecule has 0 radical (unpaired) electrons. The van der Waals surface area contributed by atoms with Gasteiger partial charge in [-0.2, -0.15) is 0 Å². The van der Waals surface area contributed by atoms with E-state index in [1.54, 1.807) is 0 Å². The second kappa shape index (κ2) is 5.51. The molecule has 0 aliphatic rings. The molecule has 2 rings (SSSR count). The Morgan fingerprint density at radius 3 is 1.61 bits per heavy atom. The summed E-state index contributed by atoms with van der Waals surface area (Å²) in [7, 11) is 3.12. The highest BCUT2D eigenvalue weighted by atomic mass is 28.1. The maximum atomic E-state index is 3.44. The smallest absolute Gasteiger partial charge is 0.0238 e. The molecule has 0 heterocycles. The van der Waals surface area contributed by atoms with E-state index in [9.17, 15) is 0 Å². The van der Waals surface area contributed by atoms with Crippen molar-refractivity contribution in [3.63, 3.8) is 0 Å². The molecule has 2 aromatic rings. The van der Waals surface area contributed by atoms with Crippen LogP contribution in [-0.4, -0.2) is 23.3 Å². The number of likely N-dealkylation sites (N-methyl/N-ethyl adjacent to an activating group) is 1. The minimum atomic E-state index is 0.122. The van der Waals surface area contributed by atoms with Gasteiger partial charge in [-0.05, 0) is 25.1 Å². The summed E-state index contributed by atoms with van der Waals surface area (Å²) < 4.78 is 0. The van der Waals surface area contributed by atoms with Crippen LogP contribution in [0.2, 0.25) is 0 Å². The molecule has 0 amide bonds. The molecule has 94 valence electrons. The van der Waals surface area contributed by atoms with Gasteiger partial charge in [-0.25, -0.2) is 0 Å². The van der Waals surface area contributed by atoms with Gasteiger partial charge in [0.15, 0.2) is 0 Å². The first-order chi connectivity index (χ1) is 8.69.